The van der Waals surface area contributed by atoms with Crippen LogP contribution in [0.3, 0.4) is 0 Å². The molecule has 0 radical (unpaired) electrons. The Kier molecular flexibility index (Phi) is 7.30. The number of methoxy groups -OCH3 is 1. The SMILES string of the molecule is COc1ccc(-c2c(-c3ccc(C#N)cc3)nc(OC[C@@H]3CCCN(CCO)C3)n3ccnc23)cc1F. The fraction of sp³-hybridized carbons (Fsp3) is 0.321. The smallest absolute Gasteiger partial charge is 0.302 e. The van der Waals surface area contributed by atoms with Crippen molar-refractivity contribution in [3.63, 3.8) is 0 Å². The Morgan fingerprint density at radius 1 is 1.19 bits per heavy atom. The molecule has 2 aromatic carbocycles. The number of hydrogen-bond acceptors (Lipinski definition) is 7. The number of fused-ring (bicyclic) bond motifs is 1. The molecule has 190 valence electrons. The van der Waals surface area contributed by atoms with E-state index in [-0.39, 0.29) is 12.4 Å². The van der Waals surface area contributed by atoms with Gasteiger partial charge in [-0.1, -0.05) is 18.2 Å². The second-order valence-electron chi connectivity index (χ2n) is 9.12. The quantitative estimate of drug-likeness (QED) is 0.387. The lowest BCUT2D eigenvalue weighted by atomic mass is 9.99. The van der Waals surface area contributed by atoms with E-state index in [2.05, 4.69) is 16.0 Å². The van der Waals surface area contributed by atoms with Gasteiger partial charge in [-0.2, -0.15) is 10.2 Å². The first-order valence-corrected chi connectivity index (χ1v) is 12.3. The van der Waals surface area contributed by atoms with Crippen molar-refractivity contribution in [3.8, 4) is 40.2 Å². The van der Waals surface area contributed by atoms with Crippen LogP contribution in [-0.2, 0) is 0 Å². The minimum Gasteiger partial charge on any atom is -0.494 e. The highest BCUT2D eigenvalue weighted by Crippen LogP contribution is 2.37. The first-order valence-electron chi connectivity index (χ1n) is 12.3. The summed E-state index contributed by atoms with van der Waals surface area (Å²) in [6, 6.07) is 14.4. The highest BCUT2D eigenvalue weighted by Gasteiger charge is 2.23. The van der Waals surface area contributed by atoms with Crippen molar-refractivity contribution < 1.29 is 19.0 Å². The molecule has 37 heavy (non-hydrogen) atoms. The normalized spacial score (nSPS) is 16.0. The fourth-order valence-electron chi connectivity index (χ4n) is 4.88. The molecule has 1 fully saturated rings. The van der Waals surface area contributed by atoms with Crippen molar-refractivity contribution in [2.24, 2.45) is 5.92 Å². The Labute approximate surface area is 214 Å². The average molecular weight is 502 g/mol. The minimum atomic E-state index is -0.486. The largest absolute Gasteiger partial charge is 0.494 e. The molecule has 0 saturated carbocycles. The molecule has 0 unspecified atom stereocenters. The van der Waals surface area contributed by atoms with Crippen LogP contribution >= 0.6 is 0 Å². The summed E-state index contributed by atoms with van der Waals surface area (Å²) < 4.78 is 27.9. The van der Waals surface area contributed by atoms with Crippen LogP contribution in [0, 0.1) is 23.1 Å². The van der Waals surface area contributed by atoms with Gasteiger partial charge in [-0.15, -0.1) is 0 Å². The number of hydrogen-bond donors (Lipinski definition) is 1. The lowest BCUT2D eigenvalue weighted by molar-refractivity contribution is 0.107. The number of β-amino-alcohol motifs (C(OH)–C–C–N with tert-alkyl or cyclic N) is 1. The molecule has 1 N–H and O–H groups in total. The second-order valence-corrected chi connectivity index (χ2v) is 9.12. The molecule has 2 aromatic heterocycles. The van der Waals surface area contributed by atoms with Crippen LogP contribution in [0.15, 0.2) is 54.9 Å². The topological polar surface area (TPSA) is 95.9 Å². The van der Waals surface area contributed by atoms with Gasteiger partial charge in [0.05, 0.1) is 43.2 Å². The molecule has 3 heterocycles. The van der Waals surface area contributed by atoms with Gasteiger partial charge in [0.15, 0.2) is 17.2 Å². The molecular weight excluding hydrogens is 473 g/mol. The number of aliphatic hydroxyl groups is 1. The average Bonchev–Trinajstić information content (AvgIpc) is 3.42. The summed E-state index contributed by atoms with van der Waals surface area (Å²) in [6.07, 6.45) is 5.54. The summed E-state index contributed by atoms with van der Waals surface area (Å²) in [5.74, 6) is -0.0198. The Morgan fingerprint density at radius 2 is 2.00 bits per heavy atom. The number of benzene rings is 2. The van der Waals surface area contributed by atoms with Crippen molar-refractivity contribution in [2.75, 3.05) is 40.0 Å². The number of rotatable bonds is 8. The van der Waals surface area contributed by atoms with E-state index in [1.165, 1.54) is 13.2 Å². The van der Waals surface area contributed by atoms with Gasteiger partial charge < -0.3 is 19.5 Å². The second kappa shape index (κ2) is 10.9. The van der Waals surface area contributed by atoms with Gasteiger partial charge in [-0.05, 0) is 49.2 Å². The maximum atomic E-state index is 14.7. The van der Waals surface area contributed by atoms with E-state index in [9.17, 15) is 14.8 Å². The molecule has 9 heteroatoms. The third kappa shape index (κ3) is 5.12. The summed E-state index contributed by atoms with van der Waals surface area (Å²) in [5.41, 5.74) is 3.69. The Morgan fingerprint density at radius 3 is 2.73 bits per heavy atom. The molecule has 1 atom stereocenters. The standard InChI is InChI=1S/C28H28FN5O3/c1-36-24-9-8-22(15-23(24)29)25-26(21-6-4-19(16-30)5-7-21)32-28(34-12-10-31-27(25)34)37-18-20-3-2-11-33(17-20)13-14-35/h4-10,12,15,20,35H,2-3,11,13-14,17-18H2,1H3/t20-/m1/s1. The number of halogens is 1. The van der Waals surface area contributed by atoms with Crippen molar-refractivity contribution in [1.29, 1.82) is 5.26 Å². The summed E-state index contributed by atoms with van der Waals surface area (Å²) in [7, 11) is 1.43. The number of ether oxygens (including phenoxy) is 2. The number of piperidine rings is 1. The molecular formula is C28H28FN5O3. The predicted molar refractivity (Wildman–Crippen MR) is 137 cm³/mol. The highest BCUT2D eigenvalue weighted by atomic mass is 19.1. The lowest BCUT2D eigenvalue weighted by Crippen LogP contribution is -2.39. The predicted octanol–water partition coefficient (Wildman–Crippen LogP) is 4.17. The monoisotopic (exact) mass is 501 g/mol. The number of nitrogens with zero attached hydrogens (tertiary/aromatic N) is 5. The lowest BCUT2D eigenvalue weighted by Gasteiger charge is -2.32. The summed E-state index contributed by atoms with van der Waals surface area (Å²) in [4.78, 5) is 11.7. The van der Waals surface area contributed by atoms with Crippen molar-refractivity contribution in [3.05, 3.63) is 66.2 Å². The van der Waals surface area contributed by atoms with Crippen LogP contribution in [-0.4, -0.2) is 64.3 Å². The van der Waals surface area contributed by atoms with E-state index in [0.29, 0.717) is 53.1 Å². The molecule has 1 saturated heterocycles. The molecule has 0 aliphatic carbocycles. The molecule has 0 bridgehead atoms. The Hall–Kier alpha value is -4.00. The van der Waals surface area contributed by atoms with Crippen molar-refractivity contribution in [2.45, 2.75) is 12.8 Å². The van der Waals surface area contributed by atoms with Gasteiger partial charge in [-0.25, -0.2) is 9.37 Å². The van der Waals surface area contributed by atoms with E-state index in [1.54, 1.807) is 41.1 Å². The summed E-state index contributed by atoms with van der Waals surface area (Å²) >= 11 is 0. The number of likely N-dealkylation sites (tertiary alicyclic amines) is 1. The third-order valence-electron chi connectivity index (χ3n) is 6.71. The molecule has 5 rings (SSSR count). The van der Waals surface area contributed by atoms with Gasteiger partial charge in [0.2, 0.25) is 0 Å². The summed E-state index contributed by atoms with van der Waals surface area (Å²) in [6.45, 7) is 3.13. The number of aliphatic hydroxyl groups excluding tert-OH is 1. The van der Waals surface area contributed by atoms with Gasteiger partial charge in [0, 0.05) is 37.0 Å². The Balaban J connectivity index is 1.57. The van der Waals surface area contributed by atoms with Crippen LogP contribution < -0.4 is 9.47 Å². The number of nitriles is 1. The maximum absolute atomic E-state index is 14.7. The zero-order valence-electron chi connectivity index (χ0n) is 20.6. The van der Waals surface area contributed by atoms with E-state index in [0.717, 1.165) is 31.5 Å². The maximum Gasteiger partial charge on any atom is 0.302 e. The number of imidazole rings is 1. The van der Waals surface area contributed by atoms with E-state index >= 15 is 0 Å². The molecule has 4 aromatic rings. The highest BCUT2D eigenvalue weighted by molar-refractivity contribution is 5.90. The van der Waals surface area contributed by atoms with E-state index < -0.39 is 5.82 Å². The van der Waals surface area contributed by atoms with Gasteiger partial charge in [-0.3, -0.25) is 4.40 Å². The van der Waals surface area contributed by atoms with Gasteiger partial charge in [0.25, 0.3) is 0 Å². The van der Waals surface area contributed by atoms with Crippen LogP contribution in [0.5, 0.6) is 11.8 Å². The minimum absolute atomic E-state index is 0.145. The first-order chi connectivity index (χ1) is 18.1. The molecule has 8 nitrogen and oxygen atoms in total. The van der Waals surface area contributed by atoms with E-state index in [4.69, 9.17) is 14.5 Å². The zero-order valence-corrected chi connectivity index (χ0v) is 20.6. The van der Waals surface area contributed by atoms with Crippen LogP contribution in [0.25, 0.3) is 28.0 Å². The Bertz CT molecular complexity index is 1430. The van der Waals surface area contributed by atoms with Crippen LogP contribution in [0.2, 0.25) is 0 Å². The summed E-state index contributed by atoms with van der Waals surface area (Å²) in [5, 5.41) is 18.5. The first kappa shape index (κ1) is 24.7. The molecule has 1 aliphatic heterocycles. The molecule has 0 spiro atoms. The van der Waals surface area contributed by atoms with Crippen LogP contribution in [0.1, 0.15) is 18.4 Å². The van der Waals surface area contributed by atoms with Crippen molar-refractivity contribution >= 4 is 5.65 Å². The van der Waals surface area contributed by atoms with Gasteiger partial charge >= 0.3 is 6.01 Å². The molecule has 0 amide bonds. The third-order valence-corrected chi connectivity index (χ3v) is 6.71. The zero-order chi connectivity index (χ0) is 25.8. The number of aromatic nitrogens is 3. The van der Waals surface area contributed by atoms with Crippen molar-refractivity contribution in [1.82, 2.24) is 19.3 Å². The van der Waals surface area contributed by atoms with Crippen LogP contribution in [0.4, 0.5) is 4.39 Å². The molecule has 1 aliphatic rings. The fourth-order valence-corrected chi connectivity index (χ4v) is 4.88. The van der Waals surface area contributed by atoms with E-state index in [1.807, 2.05) is 12.1 Å². The van der Waals surface area contributed by atoms with Gasteiger partial charge in [0.1, 0.15) is 0 Å².